The van der Waals surface area contributed by atoms with Crippen molar-refractivity contribution in [2.75, 3.05) is 6.54 Å². The molecule has 6 nitrogen and oxygen atoms in total. The number of nitrogens with two attached hydrogens (primary N) is 1. The summed E-state index contributed by atoms with van der Waals surface area (Å²) < 4.78 is 4.02. The van der Waals surface area contributed by atoms with Gasteiger partial charge >= 0.3 is 0 Å². The van der Waals surface area contributed by atoms with Crippen molar-refractivity contribution in [3.05, 3.63) is 30.1 Å². The van der Waals surface area contributed by atoms with Gasteiger partial charge in [-0.25, -0.2) is 9.67 Å². The molecule has 0 amide bonds. The van der Waals surface area contributed by atoms with Gasteiger partial charge in [0, 0.05) is 12.2 Å². The third-order valence-corrected chi connectivity index (χ3v) is 3.10. The molecule has 2 aromatic heterocycles. The van der Waals surface area contributed by atoms with Crippen molar-refractivity contribution in [3.63, 3.8) is 0 Å². The van der Waals surface area contributed by atoms with Gasteiger partial charge in [0.25, 0.3) is 0 Å². The van der Waals surface area contributed by atoms with Crippen LogP contribution in [0.2, 0.25) is 0 Å². The standard InChI is InChI=1S/C13H22N6/c1-11(2)19-10-15-7-13(19)9-18-8-12(16-17-18)5-3-4-6-14/h7-8,10-11H,3-6,9,14H2,1-2H3. The van der Waals surface area contributed by atoms with Gasteiger partial charge in [-0.1, -0.05) is 5.21 Å². The molecule has 104 valence electrons. The lowest BCUT2D eigenvalue weighted by molar-refractivity contribution is 0.541. The van der Waals surface area contributed by atoms with Crippen LogP contribution in [-0.4, -0.2) is 31.1 Å². The Balaban J connectivity index is 1.97. The number of unbranched alkanes of at least 4 members (excludes halogenated alkanes) is 1. The average Bonchev–Trinajstić information content (AvgIpc) is 2.99. The first-order valence-corrected chi connectivity index (χ1v) is 6.80. The maximum atomic E-state index is 5.48. The first-order chi connectivity index (χ1) is 9.20. The van der Waals surface area contributed by atoms with Gasteiger partial charge in [0.2, 0.25) is 0 Å². The molecule has 0 aromatic carbocycles. The molecule has 0 aliphatic carbocycles. The predicted octanol–water partition coefficient (Wildman–Crippen LogP) is 1.39. The fraction of sp³-hybridized carbons (Fsp3) is 0.615. The second-order valence-electron chi connectivity index (χ2n) is 5.04. The third-order valence-electron chi connectivity index (χ3n) is 3.10. The van der Waals surface area contributed by atoms with Crippen molar-refractivity contribution in [1.29, 1.82) is 0 Å². The largest absolute Gasteiger partial charge is 0.330 e. The van der Waals surface area contributed by atoms with E-state index in [4.69, 9.17) is 5.73 Å². The minimum atomic E-state index is 0.407. The van der Waals surface area contributed by atoms with Crippen LogP contribution >= 0.6 is 0 Å². The van der Waals surface area contributed by atoms with Crippen LogP contribution in [0.4, 0.5) is 0 Å². The second-order valence-corrected chi connectivity index (χ2v) is 5.04. The van der Waals surface area contributed by atoms with E-state index in [1.54, 1.807) is 0 Å². The highest BCUT2D eigenvalue weighted by Gasteiger charge is 2.07. The number of aromatic nitrogens is 5. The summed E-state index contributed by atoms with van der Waals surface area (Å²) >= 11 is 0. The molecule has 2 aromatic rings. The van der Waals surface area contributed by atoms with Crippen molar-refractivity contribution in [2.45, 2.75) is 45.7 Å². The normalized spacial score (nSPS) is 11.4. The topological polar surface area (TPSA) is 74.5 Å². The zero-order valence-electron chi connectivity index (χ0n) is 11.7. The number of rotatable bonds is 7. The van der Waals surface area contributed by atoms with Crippen LogP contribution in [0.25, 0.3) is 0 Å². The molecule has 2 rings (SSSR count). The van der Waals surface area contributed by atoms with Gasteiger partial charge in [0.15, 0.2) is 0 Å². The van der Waals surface area contributed by atoms with Crippen LogP contribution in [0.15, 0.2) is 18.7 Å². The molecule has 2 N–H and O–H groups in total. The maximum absolute atomic E-state index is 5.48. The van der Waals surface area contributed by atoms with E-state index in [0.717, 1.165) is 37.2 Å². The van der Waals surface area contributed by atoms with Crippen LogP contribution in [-0.2, 0) is 13.0 Å². The van der Waals surface area contributed by atoms with Crippen molar-refractivity contribution in [2.24, 2.45) is 5.73 Å². The molecule has 6 heteroatoms. The maximum Gasteiger partial charge on any atom is 0.0951 e. The number of nitrogens with zero attached hydrogens (tertiary/aromatic N) is 5. The summed E-state index contributed by atoms with van der Waals surface area (Å²) in [5, 5.41) is 8.35. The molecule has 0 saturated heterocycles. The van der Waals surface area contributed by atoms with Crippen LogP contribution in [0.3, 0.4) is 0 Å². The lowest BCUT2D eigenvalue weighted by atomic mass is 10.2. The van der Waals surface area contributed by atoms with Crippen LogP contribution < -0.4 is 5.73 Å². The van der Waals surface area contributed by atoms with Gasteiger partial charge < -0.3 is 10.3 Å². The zero-order valence-corrected chi connectivity index (χ0v) is 11.7. The Bertz CT molecular complexity index is 499. The van der Waals surface area contributed by atoms with E-state index in [1.807, 2.05) is 23.4 Å². The van der Waals surface area contributed by atoms with E-state index in [2.05, 4.69) is 33.7 Å². The molecule has 0 saturated carbocycles. The van der Waals surface area contributed by atoms with E-state index in [1.165, 1.54) is 0 Å². The monoisotopic (exact) mass is 262 g/mol. The van der Waals surface area contributed by atoms with Gasteiger partial charge in [0.05, 0.1) is 30.5 Å². The van der Waals surface area contributed by atoms with E-state index in [9.17, 15) is 0 Å². The molecular formula is C13H22N6. The minimum absolute atomic E-state index is 0.407. The Morgan fingerprint density at radius 2 is 2.16 bits per heavy atom. The number of hydrogen-bond acceptors (Lipinski definition) is 4. The molecule has 0 bridgehead atoms. The van der Waals surface area contributed by atoms with E-state index in [-0.39, 0.29) is 0 Å². The third kappa shape index (κ3) is 3.64. The lowest BCUT2D eigenvalue weighted by Crippen LogP contribution is -2.09. The summed E-state index contributed by atoms with van der Waals surface area (Å²) in [4.78, 5) is 4.19. The smallest absolute Gasteiger partial charge is 0.0951 e. The van der Waals surface area contributed by atoms with Crippen molar-refractivity contribution >= 4 is 0 Å². The Morgan fingerprint density at radius 1 is 1.32 bits per heavy atom. The molecule has 0 atom stereocenters. The first kappa shape index (κ1) is 13.7. The van der Waals surface area contributed by atoms with Gasteiger partial charge in [-0.2, -0.15) is 0 Å². The summed E-state index contributed by atoms with van der Waals surface area (Å²) in [5.74, 6) is 0. The summed E-state index contributed by atoms with van der Waals surface area (Å²) in [6.45, 7) is 5.74. The van der Waals surface area contributed by atoms with E-state index >= 15 is 0 Å². The number of hydrogen-bond donors (Lipinski definition) is 1. The quantitative estimate of drug-likeness (QED) is 0.765. The highest BCUT2D eigenvalue weighted by Crippen LogP contribution is 2.10. The zero-order chi connectivity index (χ0) is 13.7. The average molecular weight is 262 g/mol. The molecule has 19 heavy (non-hydrogen) atoms. The van der Waals surface area contributed by atoms with E-state index < -0.39 is 0 Å². The number of imidazole rings is 1. The predicted molar refractivity (Wildman–Crippen MR) is 73.7 cm³/mol. The molecule has 2 heterocycles. The molecule has 0 aliphatic heterocycles. The van der Waals surface area contributed by atoms with Gasteiger partial charge in [0.1, 0.15) is 0 Å². The fourth-order valence-electron chi connectivity index (χ4n) is 2.07. The molecule has 0 radical (unpaired) electrons. The minimum Gasteiger partial charge on any atom is -0.330 e. The molecular weight excluding hydrogens is 240 g/mol. The fourth-order valence-corrected chi connectivity index (χ4v) is 2.07. The lowest BCUT2D eigenvalue weighted by Gasteiger charge is -2.11. The molecule has 0 aliphatic rings. The van der Waals surface area contributed by atoms with Gasteiger partial charge in [-0.15, -0.1) is 5.10 Å². The Hall–Kier alpha value is -1.69. The number of aryl methyl sites for hydroxylation is 1. The molecule has 0 fully saturated rings. The Morgan fingerprint density at radius 3 is 2.89 bits per heavy atom. The Labute approximate surface area is 113 Å². The highest BCUT2D eigenvalue weighted by molar-refractivity contribution is 5.02. The Kier molecular flexibility index (Phi) is 4.68. The van der Waals surface area contributed by atoms with Crippen molar-refractivity contribution < 1.29 is 0 Å². The summed E-state index contributed by atoms with van der Waals surface area (Å²) in [7, 11) is 0. The van der Waals surface area contributed by atoms with Crippen LogP contribution in [0, 0.1) is 0 Å². The van der Waals surface area contributed by atoms with Gasteiger partial charge in [-0.05, 0) is 39.7 Å². The van der Waals surface area contributed by atoms with Crippen molar-refractivity contribution in [1.82, 2.24) is 24.5 Å². The summed E-state index contributed by atoms with van der Waals surface area (Å²) in [6, 6.07) is 0.407. The van der Waals surface area contributed by atoms with Crippen LogP contribution in [0.1, 0.15) is 44.1 Å². The van der Waals surface area contributed by atoms with Gasteiger partial charge in [-0.3, -0.25) is 0 Å². The van der Waals surface area contributed by atoms with Crippen molar-refractivity contribution in [3.8, 4) is 0 Å². The highest BCUT2D eigenvalue weighted by atomic mass is 15.4. The molecule has 0 spiro atoms. The van der Waals surface area contributed by atoms with E-state index in [0.29, 0.717) is 12.6 Å². The first-order valence-electron chi connectivity index (χ1n) is 6.80. The summed E-state index contributed by atoms with van der Waals surface area (Å²) in [5.41, 5.74) is 7.66. The molecule has 0 unspecified atom stereocenters. The van der Waals surface area contributed by atoms with Crippen LogP contribution in [0.5, 0.6) is 0 Å². The second kappa shape index (κ2) is 6.47. The SMILES string of the molecule is CC(C)n1cncc1Cn1cc(CCCCN)nn1. The summed E-state index contributed by atoms with van der Waals surface area (Å²) in [6.07, 6.45) is 8.80.